The predicted molar refractivity (Wildman–Crippen MR) is 95.7 cm³/mol. The summed E-state index contributed by atoms with van der Waals surface area (Å²) in [5.74, 6) is 0. The normalized spacial score (nSPS) is 11.7. The van der Waals surface area contributed by atoms with Gasteiger partial charge in [0, 0.05) is 5.56 Å². The van der Waals surface area contributed by atoms with Gasteiger partial charge in [0.1, 0.15) is 6.61 Å². The van der Waals surface area contributed by atoms with Crippen LogP contribution in [0.1, 0.15) is 16.7 Å². The Morgan fingerprint density at radius 1 is 0.808 bits per heavy atom. The molecule has 0 aliphatic carbocycles. The van der Waals surface area contributed by atoms with Crippen LogP contribution < -0.4 is 0 Å². The van der Waals surface area contributed by atoms with Crippen LogP contribution in [0.4, 0.5) is 13.2 Å². The maximum absolute atomic E-state index is 12.9. The van der Waals surface area contributed by atoms with Gasteiger partial charge in [0.15, 0.2) is 0 Å². The summed E-state index contributed by atoms with van der Waals surface area (Å²) in [7, 11) is 0. The molecule has 0 saturated carbocycles. The molecule has 0 atom stereocenters. The number of benzene rings is 3. The third-order valence-electron chi connectivity index (χ3n) is 3.80. The smallest absolute Gasteiger partial charge is 0.391 e. The van der Waals surface area contributed by atoms with E-state index >= 15 is 0 Å². The van der Waals surface area contributed by atoms with E-state index in [-0.39, 0.29) is 12.2 Å². The molecule has 0 saturated heterocycles. The van der Waals surface area contributed by atoms with Gasteiger partial charge in [-0.15, -0.1) is 0 Å². The number of nitrogens with zero attached hydrogens (tertiary/aromatic N) is 1. The predicted octanol–water partition coefficient (Wildman–Crippen LogP) is 5.92. The minimum absolute atomic E-state index is 0.0296. The summed E-state index contributed by atoms with van der Waals surface area (Å²) >= 11 is 0. The molecule has 0 spiro atoms. The van der Waals surface area contributed by atoms with Crippen LogP contribution in [0.15, 0.2) is 84.0 Å². The second-order valence-electron chi connectivity index (χ2n) is 5.66. The summed E-state index contributed by atoms with van der Waals surface area (Å²) in [6, 6.07) is 22.9. The molecule has 0 aromatic heterocycles. The molecule has 0 aliphatic rings. The minimum atomic E-state index is -4.42. The highest BCUT2D eigenvalue weighted by atomic mass is 19.4. The Hall–Kier alpha value is -3.08. The fourth-order valence-corrected chi connectivity index (χ4v) is 2.54. The Kier molecular flexibility index (Phi) is 5.37. The SMILES string of the molecule is FC(F)(F)c1ccccc1C=NOCc1cccc(-c2ccccc2)c1. The number of hydrogen-bond donors (Lipinski definition) is 0. The number of alkyl halides is 3. The molecule has 0 aliphatic heterocycles. The molecule has 0 radical (unpaired) electrons. The number of oxime groups is 1. The second-order valence-corrected chi connectivity index (χ2v) is 5.66. The molecule has 0 N–H and O–H groups in total. The first-order chi connectivity index (χ1) is 12.5. The zero-order valence-corrected chi connectivity index (χ0v) is 13.8. The fraction of sp³-hybridized carbons (Fsp3) is 0.0952. The van der Waals surface area contributed by atoms with Crippen LogP contribution in [-0.2, 0) is 17.6 Å². The third-order valence-corrected chi connectivity index (χ3v) is 3.80. The van der Waals surface area contributed by atoms with E-state index in [4.69, 9.17) is 4.84 Å². The molecule has 3 aromatic rings. The Balaban J connectivity index is 1.67. The van der Waals surface area contributed by atoms with Crippen molar-refractivity contribution >= 4 is 6.21 Å². The first-order valence-electron chi connectivity index (χ1n) is 8.00. The second kappa shape index (κ2) is 7.87. The molecule has 0 amide bonds. The van der Waals surface area contributed by atoms with Crippen LogP contribution in [0, 0.1) is 0 Å². The Bertz CT molecular complexity index is 889. The first kappa shape index (κ1) is 17.7. The molecule has 3 aromatic carbocycles. The van der Waals surface area contributed by atoms with E-state index in [0.717, 1.165) is 29.0 Å². The molecule has 5 heteroatoms. The molecule has 3 rings (SSSR count). The Labute approximate surface area is 149 Å². The minimum Gasteiger partial charge on any atom is -0.391 e. The van der Waals surface area contributed by atoms with Gasteiger partial charge in [-0.1, -0.05) is 71.9 Å². The van der Waals surface area contributed by atoms with Crippen molar-refractivity contribution in [3.63, 3.8) is 0 Å². The van der Waals surface area contributed by atoms with Crippen molar-refractivity contribution in [3.8, 4) is 11.1 Å². The Morgan fingerprint density at radius 3 is 2.27 bits per heavy atom. The lowest BCUT2D eigenvalue weighted by Gasteiger charge is -2.09. The average Bonchev–Trinajstić information content (AvgIpc) is 2.66. The quantitative estimate of drug-likeness (QED) is 0.411. The largest absolute Gasteiger partial charge is 0.417 e. The van der Waals surface area contributed by atoms with Gasteiger partial charge >= 0.3 is 6.18 Å². The maximum atomic E-state index is 12.9. The summed E-state index contributed by atoms with van der Waals surface area (Å²) in [4.78, 5) is 5.18. The monoisotopic (exact) mass is 355 g/mol. The van der Waals surface area contributed by atoms with E-state index in [2.05, 4.69) is 5.16 Å². The summed E-state index contributed by atoms with van der Waals surface area (Å²) in [5, 5.41) is 3.69. The van der Waals surface area contributed by atoms with Crippen molar-refractivity contribution < 1.29 is 18.0 Å². The summed E-state index contributed by atoms with van der Waals surface area (Å²) in [6.07, 6.45) is -3.34. The fourth-order valence-electron chi connectivity index (χ4n) is 2.54. The van der Waals surface area contributed by atoms with Gasteiger partial charge in [-0.25, -0.2) is 0 Å². The first-order valence-corrected chi connectivity index (χ1v) is 8.00. The number of halogens is 3. The van der Waals surface area contributed by atoms with Crippen LogP contribution in [0.5, 0.6) is 0 Å². The summed E-state index contributed by atoms with van der Waals surface area (Å²) in [6.45, 7) is 0.172. The molecule has 0 bridgehead atoms. The summed E-state index contributed by atoms with van der Waals surface area (Å²) in [5.41, 5.74) is 2.24. The standard InChI is InChI=1S/C21H16F3NO/c22-21(23,24)20-12-5-4-10-19(20)14-25-26-15-16-7-6-11-18(13-16)17-8-2-1-3-9-17/h1-14H,15H2. The molecule has 0 fully saturated rings. The van der Waals surface area contributed by atoms with Crippen LogP contribution in [-0.4, -0.2) is 6.21 Å². The lowest BCUT2D eigenvalue weighted by atomic mass is 10.0. The van der Waals surface area contributed by atoms with Crippen molar-refractivity contribution in [1.29, 1.82) is 0 Å². The highest BCUT2D eigenvalue weighted by molar-refractivity contribution is 5.81. The van der Waals surface area contributed by atoms with Crippen LogP contribution >= 0.6 is 0 Å². The van der Waals surface area contributed by atoms with E-state index < -0.39 is 11.7 Å². The van der Waals surface area contributed by atoms with Gasteiger partial charge in [0.2, 0.25) is 0 Å². The van der Waals surface area contributed by atoms with Crippen molar-refractivity contribution in [2.75, 3.05) is 0 Å². The zero-order chi connectivity index (χ0) is 18.4. The van der Waals surface area contributed by atoms with Crippen LogP contribution in [0.25, 0.3) is 11.1 Å². The van der Waals surface area contributed by atoms with E-state index in [9.17, 15) is 13.2 Å². The highest BCUT2D eigenvalue weighted by Crippen LogP contribution is 2.31. The van der Waals surface area contributed by atoms with Crippen molar-refractivity contribution in [1.82, 2.24) is 0 Å². The van der Waals surface area contributed by atoms with Crippen LogP contribution in [0.3, 0.4) is 0 Å². The van der Waals surface area contributed by atoms with Gasteiger partial charge in [-0.3, -0.25) is 0 Å². The molecule has 26 heavy (non-hydrogen) atoms. The third kappa shape index (κ3) is 4.51. The van der Waals surface area contributed by atoms with Gasteiger partial charge in [0.05, 0.1) is 11.8 Å². The van der Waals surface area contributed by atoms with Gasteiger partial charge < -0.3 is 4.84 Å². The zero-order valence-electron chi connectivity index (χ0n) is 13.8. The van der Waals surface area contributed by atoms with Crippen molar-refractivity contribution in [2.24, 2.45) is 5.16 Å². The van der Waals surface area contributed by atoms with Crippen molar-refractivity contribution in [2.45, 2.75) is 12.8 Å². The van der Waals surface area contributed by atoms with Gasteiger partial charge in [-0.05, 0) is 28.8 Å². The van der Waals surface area contributed by atoms with E-state index in [1.807, 2.05) is 54.6 Å². The molecule has 0 heterocycles. The van der Waals surface area contributed by atoms with Gasteiger partial charge in [0.25, 0.3) is 0 Å². The maximum Gasteiger partial charge on any atom is 0.417 e. The molecule has 132 valence electrons. The average molecular weight is 355 g/mol. The Morgan fingerprint density at radius 2 is 1.50 bits per heavy atom. The topological polar surface area (TPSA) is 21.6 Å². The lowest BCUT2D eigenvalue weighted by Crippen LogP contribution is -2.08. The van der Waals surface area contributed by atoms with Crippen molar-refractivity contribution in [3.05, 3.63) is 95.6 Å². The van der Waals surface area contributed by atoms with Crippen LogP contribution in [0.2, 0.25) is 0 Å². The molecular weight excluding hydrogens is 339 g/mol. The highest BCUT2D eigenvalue weighted by Gasteiger charge is 2.32. The number of rotatable bonds is 5. The molecule has 2 nitrogen and oxygen atoms in total. The molecular formula is C21H16F3NO. The van der Waals surface area contributed by atoms with Gasteiger partial charge in [-0.2, -0.15) is 13.2 Å². The lowest BCUT2D eigenvalue weighted by molar-refractivity contribution is -0.137. The number of hydrogen-bond acceptors (Lipinski definition) is 2. The van der Waals surface area contributed by atoms with E-state index in [1.165, 1.54) is 18.2 Å². The van der Waals surface area contributed by atoms with E-state index in [1.54, 1.807) is 0 Å². The summed E-state index contributed by atoms with van der Waals surface area (Å²) < 4.78 is 38.8. The molecule has 0 unspecified atom stereocenters. The van der Waals surface area contributed by atoms with E-state index in [0.29, 0.717) is 0 Å².